The number of nitro benzene ring substituents is 1. The Labute approximate surface area is 179 Å². The first-order valence-corrected chi connectivity index (χ1v) is 9.78. The minimum atomic E-state index is -0.587. The average Bonchev–Trinajstić information content (AvgIpc) is 2.78. The molecule has 0 bridgehead atoms. The number of hydrogen-bond donors (Lipinski definition) is 1. The van der Waals surface area contributed by atoms with Gasteiger partial charge in [-0.05, 0) is 29.7 Å². The highest BCUT2D eigenvalue weighted by molar-refractivity contribution is 5.94. The Kier molecular flexibility index (Phi) is 7.11. The molecule has 0 spiro atoms. The molecular weight excluding hydrogens is 396 g/mol. The van der Waals surface area contributed by atoms with Crippen LogP contribution >= 0.6 is 0 Å². The van der Waals surface area contributed by atoms with Crippen molar-refractivity contribution in [3.63, 3.8) is 0 Å². The number of hydrogen-bond acceptors (Lipinski definition) is 5. The fraction of sp³-hybridized carbons (Fsp3) is 0.167. The highest BCUT2D eigenvalue weighted by Crippen LogP contribution is 2.27. The molecule has 3 aromatic rings. The summed E-state index contributed by atoms with van der Waals surface area (Å²) in [5.41, 5.74) is 2.26. The maximum atomic E-state index is 12.5. The summed E-state index contributed by atoms with van der Waals surface area (Å²) in [6, 6.07) is 23.2. The smallest absolute Gasteiger partial charge is 0.307 e. The predicted molar refractivity (Wildman–Crippen MR) is 117 cm³/mol. The summed E-state index contributed by atoms with van der Waals surface area (Å²) < 4.78 is 5.67. The number of benzene rings is 3. The van der Waals surface area contributed by atoms with Gasteiger partial charge in [-0.1, -0.05) is 66.7 Å². The van der Waals surface area contributed by atoms with Crippen LogP contribution in [0.3, 0.4) is 0 Å². The third kappa shape index (κ3) is 5.99. The molecule has 0 aliphatic carbocycles. The molecule has 3 aromatic carbocycles. The molecular formula is C24H22N2O5. The first kappa shape index (κ1) is 21.7. The number of anilines is 1. The van der Waals surface area contributed by atoms with Crippen LogP contribution < -0.4 is 5.32 Å². The molecule has 158 valence electrons. The van der Waals surface area contributed by atoms with Gasteiger partial charge in [-0.3, -0.25) is 19.7 Å². The normalized spacial score (nSPS) is 10.5. The molecule has 31 heavy (non-hydrogen) atoms. The lowest BCUT2D eigenvalue weighted by Gasteiger charge is -2.19. The van der Waals surface area contributed by atoms with Crippen molar-refractivity contribution in [1.29, 1.82) is 0 Å². The van der Waals surface area contributed by atoms with Crippen LogP contribution in [0.1, 0.15) is 35.6 Å². The van der Waals surface area contributed by atoms with Gasteiger partial charge in [-0.25, -0.2) is 0 Å². The standard InChI is InChI=1S/C24H22N2O5/c1-17-12-13-20(21(16-17)26(29)30)25-22(27)14-15-23(28)31-24(18-8-4-2-5-9-18)19-10-6-3-7-11-19/h2-13,16,24H,14-15H2,1H3,(H,25,27). The highest BCUT2D eigenvalue weighted by Gasteiger charge is 2.20. The molecule has 0 fully saturated rings. The van der Waals surface area contributed by atoms with Gasteiger partial charge in [0.05, 0.1) is 11.3 Å². The minimum Gasteiger partial charge on any atom is -0.453 e. The summed E-state index contributed by atoms with van der Waals surface area (Å²) in [4.78, 5) is 35.4. The van der Waals surface area contributed by atoms with Crippen molar-refractivity contribution in [3.05, 3.63) is 106 Å². The Hall–Kier alpha value is -4.00. The van der Waals surface area contributed by atoms with Gasteiger partial charge in [0.1, 0.15) is 5.69 Å². The van der Waals surface area contributed by atoms with E-state index in [-0.39, 0.29) is 24.2 Å². The molecule has 0 aromatic heterocycles. The van der Waals surface area contributed by atoms with E-state index < -0.39 is 22.9 Å². The van der Waals surface area contributed by atoms with E-state index in [1.807, 2.05) is 60.7 Å². The van der Waals surface area contributed by atoms with Crippen LogP contribution in [-0.2, 0) is 14.3 Å². The van der Waals surface area contributed by atoms with Crippen LogP contribution in [0.2, 0.25) is 0 Å². The van der Waals surface area contributed by atoms with Gasteiger partial charge in [0, 0.05) is 12.5 Å². The predicted octanol–water partition coefficient (Wildman–Crippen LogP) is 4.95. The van der Waals surface area contributed by atoms with Gasteiger partial charge in [0.25, 0.3) is 5.69 Å². The van der Waals surface area contributed by atoms with Gasteiger partial charge in [0.2, 0.25) is 5.91 Å². The zero-order valence-electron chi connectivity index (χ0n) is 17.0. The monoisotopic (exact) mass is 418 g/mol. The third-order valence-electron chi connectivity index (χ3n) is 4.63. The largest absolute Gasteiger partial charge is 0.453 e. The number of amides is 1. The average molecular weight is 418 g/mol. The Morgan fingerprint density at radius 1 is 0.935 bits per heavy atom. The van der Waals surface area contributed by atoms with E-state index in [9.17, 15) is 19.7 Å². The van der Waals surface area contributed by atoms with Crippen LogP contribution in [0.5, 0.6) is 0 Å². The van der Waals surface area contributed by atoms with Crippen LogP contribution in [0, 0.1) is 17.0 Å². The Balaban J connectivity index is 1.63. The number of ether oxygens (including phenoxy) is 1. The molecule has 7 heteroatoms. The quantitative estimate of drug-likeness (QED) is 0.317. The van der Waals surface area contributed by atoms with Crippen molar-refractivity contribution in [2.24, 2.45) is 0 Å². The van der Waals surface area contributed by atoms with Crippen LogP contribution in [0.25, 0.3) is 0 Å². The van der Waals surface area contributed by atoms with Crippen molar-refractivity contribution >= 4 is 23.3 Å². The third-order valence-corrected chi connectivity index (χ3v) is 4.63. The molecule has 7 nitrogen and oxygen atoms in total. The minimum absolute atomic E-state index is 0.0976. The summed E-state index contributed by atoms with van der Waals surface area (Å²) in [6.45, 7) is 1.73. The summed E-state index contributed by atoms with van der Waals surface area (Å²) in [6.07, 6.45) is -0.891. The van der Waals surface area contributed by atoms with Crippen LogP contribution in [0.15, 0.2) is 78.9 Å². The van der Waals surface area contributed by atoms with E-state index in [1.54, 1.807) is 13.0 Å². The zero-order valence-corrected chi connectivity index (χ0v) is 17.0. The molecule has 0 atom stereocenters. The summed E-state index contributed by atoms with van der Waals surface area (Å²) in [5.74, 6) is -1.04. The van der Waals surface area contributed by atoms with Gasteiger partial charge in [0.15, 0.2) is 6.10 Å². The second-order valence-corrected chi connectivity index (χ2v) is 7.02. The van der Waals surface area contributed by atoms with E-state index >= 15 is 0 Å². The highest BCUT2D eigenvalue weighted by atomic mass is 16.6. The second kappa shape index (κ2) is 10.2. The number of esters is 1. The Bertz CT molecular complexity index is 1030. The summed E-state index contributed by atoms with van der Waals surface area (Å²) >= 11 is 0. The molecule has 0 aliphatic heterocycles. The van der Waals surface area contributed by atoms with Crippen LogP contribution in [-0.4, -0.2) is 16.8 Å². The lowest BCUT2D eigenvalue weighted by atomic mass is 10.0. The van der Waals surface area contributed by atoms with Gasteiger partial charge in [-0.2, -0.15) is 0 Å². The van der Waals surface area contributed by atoms with Gasteiger partial charge >= 0.3 is 5.97 Å². The number of nitrogens with one attached hydrogen (secondary N) is 1. The molecule has 0 aliphatic rings. The molecule has 0 unspecified atom stereocenters. The second-order valence-electron chi connectivity index (χ2n) is 7.02. The van der Waals surface area contributed by atoms with Crippen molar-refractivity contribution in [2.45, 2.75) is 25.9 Å². The topological polar surface area (TPSA) is 98.5 Å². The van der Waals surface area contributed by atoms with Crippen LogP contribution in [0.4, 0.5) is 11.4 Å². The molecule has 0 saturated carbocycles. The Morgan fingerprint density at radius 3 is 2.06 bits per heavy atom. The molecule has 3 rings (SSSR count). The van der Waals surface area contributed by atoms with Crippen molar-refractivity contribution in [2.75, 3.05) is 5.32 Å². The molecule has 1 N–H and O–H groups in total. The number of nitrogens with zero attached hydrogens (tertiary/aromatic N) is 1. The molecule has 0 radical (unpaired) electrons. The number of carbonyl (C=O) groups excluding carboxylic acids is 2. The van der Waals surface area contributed by atoms with Crippen molar-refractivity contribution in [1.82, 2.24) is 0 Å². The van der Waals surface area contributed by atoms with Crippen molar-refractivity contribution in [3.8, 4) is 0 Å². The van der Waals surface area contributed by atoms with E-state index in [2.05, 4.69) is 5.32 Å². The van der Waals surface area contributed by atoms with Crippen molar-refractivity contribution < 1.29 is 19.2 Å². The maximum Gasteiger partial charge on any atom is 0.307 e. The zero-order chi connectivity index (χ0) is 22.2. The first-order chi connectivity index (χ1) is 14.9. The van der Waals surface area contributed by atoms with Gasteiger partial charge < -0.3 is 10.1 Å². The summed E-state index contributed by atoms with van der Waals surface area (Å²) in [5, 5.41) is 13.7. The van der Waals surface area contributed by atoms with E-state index in [4.69, 9.17) is 4.74 Å². The first-order valence-electron chi connectivity index (χ1n) is 9.78. The fourth-order valence-electron chi connectivity index (χ4n) is 3.10. The number of carbonyl (C=O) groups is 2. The van der Waals surface area contributed by atoms with E-state index in [1.165, 1.54) is 12.1 Å². The fourth-order valence-corrected chi connectivity index (χ4v) is 3.10. The molecule has 0 heterocycles. The van der Waals surface area contributed by atoms with Gasteiger partial charge in [-0.15, -0.1) is 0 Å². The maximum absolute atomic E-state index is 12.5. The lowest BCUT2D eigenvalue weighted by molar-refractivity contribution is -0.384. The Morgan fingerprint density at radius 2 is 1.52 bits per heavy atom. The number of aryl methyl sites for hydroxylation is 1. The van der Waals surface area contributed by atoms with E-state index in [0.29, 0.717) is 5.56 Å². The summed E-state index contributed by atoms with van der Waals surface area (Å²) in [7, 11) is 0. The molecule has 0 saturated heterocycles. The lowest BCUT2D eigenvalue weighted by Crippen LogP contribution is -2.17. The van der Waals surface area contributed by atoms with E-state index in [0.717, 1.165) is 11.1 Å². The SMILES string of the molecule is Cc1ccc(NC(=O)CCC(=O)OC(c2ccccc2)c2ccccc2)c([N+](=O)[O-])c1. The number of nitro groups is 1. The molecule has 1 amide bonds. The number of rotatable bonds is 8.